The number of methoxy groups -OCH3 is 1. The molecule has 1 aliphatic heterocycles. The molecule has 1 heterocycles. The largest absolute Gasteiger partial charge is 0.491 e. The van der Waals surface area contributed by atoms with Crippen molar-refractivity contribution in [3.05, 3.63) is 94.5 Å². The van der Waals surface area contributed by atoms with Gasteiger partial charge in [0.15, 0.2) is 11.0 Å². The monoisotopic (exact) mass is 576 g/mol. The van der Waals surface area contributed by atoms with Gasteiger partial charge in [0.1, 0.15) is 18.0 Å². The van der Waals surface area contributed by atoms with E-state index in [1.54, 1.807) is 19.2 Å². The van der Waals surface area contributed by atoms with Crippen molar-refractivity contribution in [1.29, 1.82) is 0 Å². The van der Waals surface area contributed by atoms with Crippen molar-refractivity contribution in [1.82, 2.24) is 0 Å². The van der Waals surface area contributed by atoms with Crippen molar-refractivity contribution in [2.45, 2.75) is 74.7 Å². The Bertz CT molecular complexity index is 1330. The highest BCUT2D eigenvalue weighted by Gasteiger charge is 2.48. The molecule has 0 amide bonds. The lowest BCUT2D eigenvalue weighted by molar-refractivity contribution is -0.171. The molecule has 41 heavy (non-hydrogen) atoms. The molecule has 3 aromatic rings. The molecule has 4 rings (SSSR count). The zero-order valence-corrected chi connectivity index (χ0v) is 25.4. The average molecular weight is 577 g/mol. The van der Waals surface area contributed by atoms with Gasteiger partial charge < -0.3 is 19.3 Å². The third-order valence-corrected chi connectivity index (χ3v) is 8.74. The first-order valence-electron chi connectivity index (χ1n) is 14.0. The van der Waals surface area contributed by atoms with E-state index in [2.05, 4.69) is 32.9 Å². The van der Waals surface area contributed by atoms with E-state index < -0.39 is 16.8 Å². The summed E-state index contributed by atoms with van der Waals surface area (Å²) in [5, 5.41) is 8.14. The summed E-state index contributed by atoms with van der Waals surface area (Å²) in [6.45, 7) is 9.00. The average Bonchev–Trinajstić information content (AvgIpc) is 2.94. The van der Waals surface area contributed by atoms with E-state index in [9.17, 15) is 9.59 Å². The maximum Gasteiger partial charge on any atom is 0.327 e. The van der Waals surface area contributed by atoms with Gasteiger partial charge in [-0.1, -0.05) is 69.3 Å². The van der Waals surface area contributed by atoms with Gasteiger partial charge in [0.25, 0.3) is 0 Å². The SMILES string of the molecule is COCc1cc(C(C)(C)C)c(SC2C(=O)CC(CCc3ccccc3)(c3ccc(OCCO)cc3)OC2=O)cc1C. The highest BCUT2D eigenvalue weighted by atomic mass is 32.2. The maximum atomic E-state index is 13.8. The number of hydrogen-bond acceptors (Lipinski definition) is 7. The van der Waals surface area contributed by atoms with E-state index in [1.165, 1.54) is 11.8 Å². The number of hydrogen-bond donors (Lipinski definition) is 1. The Labute approximate surface area is 247 Å². The standard InChI is InChI=1S/C34H40O6S/c1-23-19-30(28(33(2,3)4)20-25(23)22-38-5)41-31-29(36)21-34(40-32(31)37,16-15-24-9-7-6-8-10-24)26-11-13-27(14-12-26)39-18-17-35/h6-14,19-20,31,35H,15-18,21-22H2,1-5H3. The van der Waals surface area contributed by atoms with Crippen LogP contribution in [-0.4, -0.2) is 42.4 Å². The number of aliphatic hydroxyl groups is 1. The Balaban J connectivity index is 1.64. The molecule has 3 aromatic carbocycles. The molecule has 1 fully saturated rings. The van der Waals surface area contributed by atoms with Crippen LogP contribution in [0.4, 0.5) is 0 Å². The first kappa shape index (κ1) is 30.8. The number of benzene rings is 3. The highest BCUT2D eigenvalue weighted by molar-refractivity contribution is 8.01. The number of Topliss-reactive ketones (excluding diaryl/α,β-unsaturated/α-hetero) is 1. The fourth-order valence-corrected chi connectivity index (χ4v) is 6.55. The Morgan fingerprint density at radius 1 is 1.05 bits per heavy atom. The van der Waals surface area contributed by atoms with Gasteiger partial charge in [-0.15, -0.1) is 11.8 Å². The predicted molar refractivity (Wildman–Crippen MR) is 161 cm³/mol. The first-order valence-corrected chi connectivity index (χ1v) is 14.9. The molecule has 1 aliphatic rings. The summed E-state index contributed by atoms with van der Waals surface area (Å²) >= 11 is 1.29. The number of carbonyl (C=O) groups is 2. The van der Waals surface area contributed by atoms with Crippen molar-refractivity contribution in [2.24, 2.45) is 0 Å². The molecular weight excluding hydrogens is 536 g/mol. The second-order valence-electron chi connectivity index (χ2n) is 11.6. The minimum Gasteiger partial charge on any atom is -0.491 e. The molecule has 1 saturated heterocycles. The summed E-state index contributed by atoms with van der Waals surface area (Å²) in [4.78, 5) is 28.4. The molecule has 7 heteroatoms. The Morgan fingerprint density at radius 2 is 1.76 bits per heavy atom. The topological polar surface area (TPSA) is 82.1 Å². The number of aryl methyl sites for hydroxylation is 2. The van der Waals surface area contributed by atoms with Gasteiger partial charge >= 0.3 is 5.97 Å². The number of thioether (sulfide) groups is 1. The molecule has 218 valence electrons. The quantitative estimate of drug-likeness (QED) is 0.211. The molecule has 0 saturated carbocycles. The normalized spacial score (nSPS) is 19.2. The van der Waals surface area contributed by atoms with E-state index in [-0.39, 0.29) is 30.8 Å². The zero-order chi connectivity index (χ0) is 29.6. The molecule has 0 aliphatic carbocycles. The fourth-order valence-electron chi connectivity index (χ4n) is 5.20. The van der Waals surface area contributed by atoms with Crippen molar-refractivity contribution < 1.29 is 28.9 Å². The highest BCUT2D eigenvalue weighted by Crippen LogP contribution is 2.44. The predicted octanol–water partition coefficient (Wildman–Crippen LogP) is 6.32. The molecule has 0 radical (unpaired) electrons. The van der Waals surface area contributed by atoms with Crippen LogP contribution in [0, 0.1) is 6.92 Å². The molecule has 2 unspecified atom stereocenters. The van der Waals surface area contributed by atoms with Crippen molar-refractivity contribution in [3.8, 4) is 5.75 Å². The van der Waals surface area contributed by atoms with Gasteiger partial charge in [0.05, 0.1) is 19.6 Å². The van der Waals surface area contributed by atoms with E-state index in [0.717, 1.165) is 32.7 Å². The van der Waals surface area contributed by atoms with Crippen LogP contribution in [0.1, 0.15) is 61.4 Å². The lowest BCUT2D eigenvalue weighted by Crippen LogP contribution is -2.47. The first-order chi connectivity index (χ1) is 19.6. The Morgan fingerprint density at radius 3 is 2.37 bits per heavy atom. The van der Waals surface area contributed by atoms with Crippen LogP contribution in [0.2, 0.25) is 0 Å². The lowest BCUT2D eigenvalue weighted by Gasteiger charge is -2.39. The third-order valence-electron chi connectivity index (χ3n) is 7.45. The minimum absolute atomic E-state index is 0.0838. The second-order valence-corrected chi connectivity index (χ2v) is 12.7. The van der Waals surface area contributed by atoms with Gasteiger partial charge in [0.2, 0.25) is 0 Å². The van der Waals surface area contributed by atoms with E-state index >= 15 is 0 Å². The Hall–Kier alpha value is -3.13. The number of carbonyl (C=O) groups excluding carboxylic acids is 2. The molecule has 0 bridgehead atoms. The van der Waals surface area contributed by atoms with Crippen molar-refractivity contribution >= 4 is 23.5 Å². The van der Waals surface area contributed by atoms with E-state index in [1.807, 2.05) is 49.4 Å². The van der Waals surface area contributed by atoms with Gasteiger partial charge in [-0.2, -0.15) is 0 Å². The summed E-state index contributed by atoms with van der Waals surface area (Å²) in [6.07, 6.45) is 1.21. The summed E-state index contributed by atoms with van der Waals surface area (Å²) in [5.74, 6) is -0.0540. The maximum absolute atomic E-state index is 13.8. The minimum atomic E-state index is -1.08. The van der Waals surface area contributed by atoms with Gasteiger partial charge in [0, 0.05) is 12.0 Å². The van der Waals surface area contributed by atoms with Crippen molar-refractivity contribution in [2.75, 3.05) is 20.3 Å². The second kappa shape index (κ2) is 13.2. The summed E-state index contributed by atoms with van der Waals surface area (Å²) in [5.41, 5.74) is 3.80. The number of ether oxygens (including phenoxy) is 3. The smallest absolute Gasteiger partial charge is 0.327 e. The van der Waals surface area contributed by atoms with Crippen LogP contribution < -0.4 is 4.74 Å². The molecule has 6 nitrogen and oxygen atoms in total. The third kappa shape index (κ3) is 7.39. The fraction of sp³-hybridized carbons (Fsp3) is 0.412. The molecule has 0 spiro atoms. The van der Waals surface area contributed by atoms with Crippen molar-refractivity contribution in [3.63, 3.8) is 0 Å². The van der Waals surface area contributed by atoms with Crippen LogP contribution in [0.3, 0.4) is 0 Å². The number of ketones is 1. The zero-order valence-electron chi connectivity index (χ0n) is 24.6. The Kier molecular flexibility index (Phi) is 9.95. The molecular formula is C34H40O6S. The summed E-state index contributed by atoms with van der Waals surface area (Å²) in [7, 11) is 1.68. The molecule has 1 N–H and O–H groups in total. The van der Waals surface area contributed by atoms with Crippen LogP contribution in [0.5, 0.6) is 5.75 Å². The summed E-state index contributed by atoms with van der Waals surface area (Å²) in [6, 6.07) is 21.5. The van der Waals surface area contributed by atoms with Crippen LogP contribution in [0.25, 0.3) is 0 Å². The van der Waals surface area contributed by atoms with Gasteiger partial charge in [-0.05, 0) is 71.2 Å². The van der Waals surface area contributed by atoms with Crippen LogP contribution in [0.15, 0.2) is 71.6 Å². The number of esters is 1. The number of cyclic esters (lactones) is 1. The lowest BCUT2D eigenvalue weighted by atomic mass is 9.81. The van der Waals surface area contributed by atoms with Gasteiger partial charge in [-0.3, -0.25) is 9.59 Å². The van der Waals surface area contributed by atoms with E-state index in [4.69, 9.17) is 19.3 Å². The van der Waals surface area contributed by atoms with E-state index in [0.29, 0.717) is 25.2 Å². The number of aliphatic hydroxyl groups excluding tert-OH is 1. The van der Waals surface area contributed by atoms with Gasteiger partial charge in [-0.25, -0.2) is 0 Å². The molecule has 0 aromatic heterocycles. The molecule has 2 atom stereocenters. The van der Waals surface area contributed by atoms with Crippen LogP contribution in [-0.2, 0) is 43.1 Å². The number of rotatable bonds is 11. The van der Waals surface area contributed by atoms with Crippen LogP contribution >= 0.6 is 11.8 Å². The summed E-state index contributed by atoms with van der Waals surface area (Å²) < 4.78 is 17.2.